The zero-order valence-corrected chi connectivity index (χ0v) is 10.8. The van der Waals surface area contributed by atoms with E-state index in [0.717, 1.165) is 0 Å². The van der Waals surface area contributed by atoms with Gasteiger partial charge in [-0.3, -0.25) is 0 Å². The van der Waals surface area contributed by atoms with E-state index in [2.05, 4.69) is 0 Å². The van der Waals surface area contributed by atoms with Crippen LogP contribution in [0.5, 0.6) is 0 Å². The number of sulfonamides is 1. The predicted octanol–water partition coefficient (Wildman–Crippen LogP) is -1.45. The molecule has 0 aliphatic carbocycles. The molecule has 0 heterocycles. The van der Waals surface area contributed by atoms with Crippen molar-refractivity contribution in [1.29, 1.82) is 5.26 Å². The van der Waals surface area contributed by atoms with Crippen molar-refractivity contribution in [2.45, 2.75) is 10.4 Å². The summed E-state index contributed by atoms with van der Waals surface area (Å²) in [5, 5.41) is 35.9. The van der Waals surface area contributed by atoms with Crippen molar-refractivity contribution in [2.75, 3.05) is 19.8 Å². The van der Waals surface area contributed by atoms with Gasteiger partial charge in [0.05, 0.1) is 36.3 Å². The topological polar surface area (TPSA) is 131 Å². The standard InChI is InChI=1S/C11H14N2O5S/c12-5-9-1-3-10(4-2-9)19(17,18)13-11(6-14,7-15)8-16/h1-4,13-16H,6-8H2. The van der Waals surface area contributed by atoms with Crippen LogP contribution in [0.1, 0.15) is 5.56 Å². The van der Waals surface area contributed by atoms with Crippen LogP contribution >= 0.6 is 0 Å². The van der Waals surface area contributed by atoms with Gasteiger partial charge in [0.1, 0.15) is 5.54 Å². The number of aliphatic hydroxyl groups excluding tert-OH is 3. The molecule has 7 nitrogen and oxygen atoms in total. The maximum Gasteiger partial charge on any atom is 0.241 e. The molecule has 0 saturated heterocycles. The van der Waals surface area contributed by atoms with Crippen molar-refractivity contribution in [1.82, 2.24) is 4.72 Å². The number of rotatable bonds is 6. The minimum Gasteiger partial charge on any atom is -0.394 e. The van der Waals surface area contributed by atoms with Crippen molar-refractivity contribution in [3.8, 4) is 6.07 Å². The first-order valence-electron chi connectivity index (χ1n) is 5.30. The highest BCUT2D eigenvalue weighted by Gasteiger charge is 2.33. The van der Waals surface area contributed by atoms with Gasteiger partial charge in [-0.15, -0.1) is 0 Å². The first-order chi connectivity index (χ1) is 8.93. The molecule has 104 valence electrons. The molecule has 0 radical (unpaired) electrons. The average molecular weight is 286 g/mol. The predicted molar refractivity (Wildman–Crippen MR) is 65.5 cm³/mol. The van der Waals surface area contributed by atoms with E-state index in [1.54, 1.807) is 0 Å². The fraction of sp³-hybridized carbons (Fsp3) is 0.364. The number of hydrogen-bond donors (Lipinski definition) is 4. The number of nitriles is 1. The molecule has 1 aromatic rings. The lowest BCUT2D eigenvalue weighted by Crippen LogP contribution is -2.56. The average Bonchev–Trinajstić information content (AvgIpc) is 2.45. The van der Waals surface area contributed by atoms with E-state index in [0.29, 0.717) is 5.56 Å². The van der Waals surface area contributed by atoms with Crippen LogP contribution in [0, 0.1) is 11.3 Å². The lowest BCUT2D eigenvalue weighted by molar-refractivity contribution is 0.0582. The molecule has 0 fully saturated rings. The first kappa shape index (κ1) is 15.6. The molecular weight excluding hydrogens is 272 g/mol. The Bertz CT molecular complexity index is 549. The summed E-state index contributed by atoms with van der Waals surface area (Å²) in [5.74, 6) is 0. The molecule has 0 aliphatic rings. The van der Waals surface area contributed by atoms with Crippen molar-refractivity contribution in [3.63, 3.8) is 0 Å². The summed E-state index contributed by atoms with van der Waals surface area (Å²) in [6.07, 6.45) is 0. The molecule has 0 saturated carbocycles. The van der Waals surface area contributed by atoms with Crippen LogP contribution in [-0.4, -0.2) is 49.1 Å². The van der Waals surface area contributed by atoms with Gasteiger partial charge in [0.25, 0.3) is 0 Å². The van der Waals surface area contributed by atoms with Crippen molar-refractivity contribution < 1.29 is 23.7 Å². The van der Waals surface area contributed by atoms with Crippen molar-refractivity contribution in [3.05, 3.63) is 29.8 Å². The third-order valence-electron chi connectivity index (χ3n) is 2.55. The number of hydrogen-bond acceptors (Lipinski definition) is 6. The minimum atomic E-state index is -4.02. The number of nitrogens with one attached hydrogen (secondary N) is 1. The van der Waals surface area contributed by atoms with Crippen molar-refractivity contribution in [2.24, 2.45) is 0 Å². The summed E-state index contributed by atoms with van der Waals surface area (Å²) in [6, 6.07) is 6.95. The number of benzene rings is 1. The van der Waals surface area contributed by atoms with E-state index in [1.807, 2.05) is 10.8 Å². The Labute approximate surface area is 110 Å². The smallest absolute Gasteiger partial charge is 0.241 e. The van der Waals surface area contributed by atoms with E-state index in [4.69, 9.17) is 20.6 Å². The third kappa shape index (κ3) is 3.50. The zero-order valence-electron chi connectivity index (χ0n) is 9.94. The largest absolute Gasteiger partial charge is 0.394 e. The maximum absolute atomic E-state index is 12.0. The van der Waals surface area contributed by atoms with Crippen LogP contribution in [0.15, 0.2) is 29.2 Å². The molecule has 0 aromatic heterocycles. The normalized spacial score (nSPS) is 12.1. The quantitative estimate of drug-likeness (QED) is 0.506. The van der Waals surface area contributed by atoms with E-state index >= 15 is 0 Å². The van der Waals surface area contributed by atoms with Gasteiger partial charge in [-0.2, -0.15) is 9.98 Å². The summed E-state index contributed by atoms with van der Waals surface area (Å²) < 4.78 is 26.0. The second kappa shape index (κ2) is 6.10. The van der Waals surface area contributed by atoms with E-state index < -0.39 is 35.4 Å². The van der Waals surface area contributed by atoms with Gasteiger partial charge in [0.15, 0.2) is 0 Å². The van der Waals surface area contributed by atoms with Crippen LogP contribution in [-0.2, 0) is 10.0 Å². The molecular formula is C11H14N2O5S. The van der Waals surface area contributed by atoms with Gasteiger partial charge in [0.2, 0.25) is 10.0 Å². The van der Waals surface area contributed by atoms with Gasteiger partial charge in [-0.1, -0.05) is 0 Å². The Hall–Kier alpha value is -1.50. The van der Waals surface area contributed by atoms with Gasteiger partial charge in [0, 0.05) is 0 Å². The Morgan fingerprint density at radius 2 is 1.58 bits per heavy atom. The highest BCUT2D eigenvalue weighted by Crippen LogP contribution is 2.14. The van der Waals surface area contributed by atoms with Crippen LogP contribution < -0.4 is 4.72 Å². The Kier molecular flexibility index (Phi) is 4.99. The van der Waals surface area contributed by atoms with Gasteiger partial charge in [-0.25, -0.2) is 8.42 Å². The molecule has 0 amide bonds. The van der Waals surface area contributed by atoms with E-state index in [-0.39, 0.29) is 4.90 Å². The number of aliphatic hydroxyl groups is 3. The molecule has 0 aliphatic heterocycles. The highest BCUT2D eigenvalue weighted by molar-refractivity contribution is 7.89. The lowest BCUT2D eigenvalue weighted by Gasteiger charge is -2.28. The summed E-state index contributed by atoms with van der Waals surface area (Å²) in [5.41, 5.74) is -1.43. The minimum absolute atomic E-state index is 0.133. The van der Waals surface area contributed by atoms with Gasteiger partial charge < -0.3 is 15.3 Å². The Morgan fingerprint density at radius 3 is 1.95 bits per heavy atom. The molecule has 19 heavy (non-hydrogen) atoms. The van der Waals surface area contributed by atoms with Gasteiger partial charge >= 0.3 is 0 Å². The van der Waals surface area contributed by atoms with Crippen LogP contribution in [0.3, 0.4) is 0 Å². The molecule has 0 spiro atoms. The summed E-state index contributed by atoms with van der Waals surface area (Å²) in [6.45, 7) is -2.26. The van der Waals surface area contributed by atoms with Crippen molar-refractivity contribution >= 4 is 10.0 Å². The first-order valence-corrected chi connectivity index (χ1v) is 6.78. The van der Waals surface area contributed by atoms with Gasteiger partial charge in [-0.05, 0) is 24.3 Å². The summed E-state index contributed by atoms with van der Waals surface area (Å²) in [4.78, 5) is -0.133. The second-order valence-electron chi connectivity index (χ2n) is 4.00. The fourth-order valence-corrected chi connectivity index (χ4v) is 2.68. The van der Waals surface area contributed by atoms with E-state index in [1.165, 1.54) is 24.3 Å². The van der Waals surface area contributed by atoms with Crippen LogP contribution in [0.2, 0.25) is 0 Å². The Morgan fingerprint density at radius 1 is 1.11 bits per heavy atom. The SMILES string of the molecule is N#Cc1ccc(S(=O)(=O)NC(CO)(CO)CO)cc1. The maximum atomic E-state index is 12.0. The Balaban J connectivity index is 3.07. The summed E-state index contributed by atoms with van der Waals surface area (Å²) in [7, 11) is -4.02. The molecule has 8 heteroatoms. The monoisotopic (exact) mass is 286 g/mol. The molecule has 1 aromatic carbocycles. The highest BCUT2D eigenvalue weighted by atomic mass is 32.2. The zero-order chi connectivity index (χ0) is 14.5. The third-order valence-corrected chi connectivity index (χ3v) is 4.15. The molecule has 1 rings (SSSR count). The van der Waals surface area contributed by atoms with E-state index in [9.17, 15) is 8.42 Å². The summed E-state index contributed by atoms with van der Waals surface area (Å²) >= 11 is 0. The van der Waals surface area contributed by atoms with Crippen LogP contribution in [0.25, 0.3) is 0 Å². The number of nitrogens with zero attached hydrogens (tertiary/aromatic N) is 1. The molecule has 0 bridgehead atoms. The molecule has 0 unspecified atom stereocenters. The fourth-order valence-electron chi connectivity index (χ4n) is 1.30. The van der Waals surface area contributed by atoms with Crippen LogP contribution in [0.4, 0.5) is 0 Å². The molecule has 4 N–H and O–H groups in total. The molecule has 0 atom stereocenters. The second-order valence-corrected chi connectivity index (χ2v) is 5.68. The lowest BCUT2D eigenvalue weighted by atomic mass is 10.1.